The first-order valence-electron chi connectivity index (χ1n) is 7.64. The molecule has 2 aromatic carbocycles. The van der Waals surface area contributed by atoms with E-state index in [0.717, 1.165) is 5.56 Å². The number of halogens is 2. The molecule has 0 aliphatic carbocycles. The Balaban J connectivity index is 2.00. The summed E-state index contributed by atoms with van der Waals surface area (Å²) in [5.74, 6) is -1.62. The third-order valence-corrected chi connectivity index (χ3v) is 4.97. The van der Waals surface area contributed by atoms with Crippen LogP contribution in [0.1, 0.15) is 22.8 Å². The second-order valence-electron chi connectivity index (χ2n) is 5.35. The van der Waals surface area contributed by atoms with Crippen molar-refractivity contribution in [3.05, 3.63) is 57.6 Å². The van der Waals surface area contributed by atoms with Gasteiger partial charge in [0.15, 0.2) is 0 Å². The van der Waals surface area contributed by atoms with Crippen LogP contribution in [0.5, 0.6) is 5.75 Å². The molecule has 0 saturated carbocycles. The van der Waals surface area contributed by atoms with E-state index in [-0.39, 0.29) is 28.7 Å². The van der Waals surface area contributed by atoms with Crippen LogP contribution < -0.4 is 10.1 Å². The number of ether oxygens (including phenoxy) is 1. The molecule has 27 heavy (non-hydrogen) atoms. The van der Waals surface area contributed by atoms with E-state index in [0.29, 0.717) is 15.8 Å². The number of esters is 1. The van der Waals surface area contributed by atoms with E-state index < -0.39 is 11.9 Å². The zero-order chi connectivity index (χ0) is 20.0. The van der Waals surface area contributed by atoms with Gasteiger partial charge < -0.3 is 15.2 Å². The second-order valence-corrected chi connectivity index (χ2v) is 7.15. The Hall–Kier alpha value is -2.22. The summed E-state index contributed by atoms with van der Waals surface area (Å²) in [7, 11) is 0. The van der Waals surface area contributed by atoms with Crippen LogP contribution in [0.25, 0.3) is 0 Å². The standard InChI is InChI=1S/C18H15Cl2NO5S/c1-10(22)26-11-5-6-16(12(7-11)18(24)25)21-17(23)9-27-8-13-14(19)3-2-4-15(13)20/h2-7H,8-9H2,1H3,(H,21,23)(H,24,25). The first-order valence-corrected chi connectivity index (χ1v) is 9.55. The molecule has 0 heterocycles. The number of hydrogen-bond acceptors (Lipinski definition) is 5. The summed E-state index contributed by atoms with van der Waals surface area (Å²) in [5.41, 5.74) is 0.664. The minimum absolute atomic E-state index is 0.0757. The molecule has 2 aromatic rings. The molecule has 6 nitrogen and oxygen atoms in total. The fourth-order valence-corrected chi connectivity index (χ4v) is 3.71. The first-order chi connectivity index (χ1) is 12.8. The summed E-state index contributed by atoms with van der Waals surface area (Å²) >= 11 is 13.5. The number of hydrogen-bond donors (Lipinski definition) is 2. The average molecular weight is 428 g/mol. The van der Waals surface area contributed by atoms with Crippen molar-refractivity contribution < 1.29 is 24.2 Å². The summed E-state index contributed by atoms with van der Waals surface area (Å²) < 4.78 is 4.86. The van der Waals surface area contributed by atoms with Crippen molar-refractivity contribution in [1.82, 2.24) is 0 Å². The smallest absolute Gasteiger partial charge is 0.337 e. The van der Waals surface area contributed by atoms with Crippen LogP contribution in [0.15, 0.2) is 36.4 Å². The molecule has 0 aromatic heterocycles. The molecule has 0 spiro atoms. The van der Waals surface area contributed by atoms with Gasteiger partial charge in [0.05, 0.1) is 17.0 Å². The molecule has 2 rings (SSSR count). The SMILES string of the molecule is CC(=O)Oc1ccc(NC(=O)CSCc2c(Cl)cccc2Cl)c(C(=O)O)c1. The molecular weight excluding hydrogens is 413 g/mol. The molecule has 0 unspecified atom stereocenters. The minimum Gasteiger partial charge on any atom is -0.478 e. The van der Waals surface area contributed by atoms with Crippen molar-refractivity contribution >= 4 is 58.5 Å². The molecule has 0 aliphatic heterocycles. The largest absolute Gasteiger partial charge is 0.478 e. The van der Waals surface area contributed by atoms with Crippen LogP contribution >= 0.6 is 35.0 Å². The van der Waals surface area contributed by atoms with Gasteiger partial charge in [-0.3, -0.25) is 9.59 Å². The maximum Gasteiger partial charge on any atom is 0.337 e. The fraction of sp³-hybridized carbons (Fsp3) is 0.167. The summed E-state index contributed by atoms with van der Waals surface area (Å²) in [5, 5.41) is 12.9. The van der Waals surface area contributed by atoms with Gasteiger partial charge in [0.25, 0.3) is 0 Å². The molecule has 1 amide bonds. The monoisotopic (exact) mass is 427 g/mol. The number of thioether (sulfide) groups is 1. The van der Waals surface area contributed by atoms with Gasteiger partial charge in [0.1, 0.15) is 5.75 Å². The van der Waals surface area contributed by atoms with Crippen molar-refractivity contribution in [1.29, 1.82) is 0 Å². The van der Waals surface area contributed by atoms with Gasteiger partial charge in [0.2, 0.25) is 5.91 Å². The quantitative estimate of drug-likeness (QED) is 0.499. The lowest BCUT2D eigenvalue weighted by molar-refractivity contribution is -0.131. The van der Waals surface area contributed by atoms with Crippen LogP contribution in [-0.4, -0.2) is 28.7 Å². The van der Waals surface area contributed by atoms with Gasteiger partial charge in [-0.2, -0.15) is 0 Å². The van der Waals surface area contributed by atoms with Gasteiger partial charge in [-0.25, -0.2) is 4.79 Å². The van der Waals surface area contributed by atoms with Crippen LogP contribution in [0.4, 0.5) is 5.69 Å². The minimum atomic E-state index is -1.25. The predicted octanol–water partition coefficient (Wildman–Crippen LogP) is 4.49. The third kappa shape index (κ3) is 6.16. The molecular formula is C18H15Cl2NO5S. The van der Waals surface area contributed by atoms with E-state index in [1.807, 2.05) is 0 Å². The normalized spacial score (nSPS) is 10.3. The molecule has 0 atom stereocenters. The number of carbonyl (C=O) groups excluding carboxylic acids is 2. The maximum atomic E-state index is 12.1. The van der Waals surface area contributed by atoms with E-state index in [2.05, 4.69) is 5.32 Å². The fourth-order valence-electron chi connectivity index (χ4n) is 2.14. The van der Waals surface area contributed by atoms with Crippen molar-refractivity contribution in [3.8, 4) is 5.75 Å². The number of benzene rings is 2. The lowest BCUT2D eigenvalue weighted by Crippen LogP contribution is -2.17. The molecule has 2 N–H and O–H groups in total. The molecule has 142 valence electrons. The topological polar surface area (TPSA) is 92.7 Å². The van der Waals surface area contributed by atoms with Crippen molar-refractivity contribution in [3.63, 3.8) is 0 Å². The Morgan fingerprint density at radius 2 is 1.81 bits per heavy atom. The number of rotatable bonds is 7. The van der Waals surface area contributed by atoms with Gasteiger partial charge >= 0.3 is 11.9 Å². The van der Waals surface area contributed by atoms with E-state index in [1.54, 1.807) is 18.2 Å². The zero-order valence-electron chi connectivity index (χ0n) is 14.1. The Labute approximate surface area is 169 Å². The highest BCUT2D eigenvalue weighted by Gasteiger charge is 2.15. The van der Waals surface area contributed by atoms with E-state index >= 15 is 0 Å². The number of aromatic carboxylic acids is 1. The molecule has 9 heteroatoms. The number of amides is 1. The van der Waals surface area contributed by atoms with Crippen LogP contribution in [-0.2, 0) is 15.3 Å². The van der Waals surface area contributed by atoms with Gasteiger partial charge in [-0.05, 0) is 35.9 Å². The number of nitrogens with one attached hydrogen (secondary N) is 1. The number of carboxylic acids is 1. The van der Waals surface area contributed by atoms with Crippen molar-refractivity contribution in [2.45, 2.75) is 12.7 Å². The summed E-state index contributed by atoms with van der Waals surface area (Å²) in [6.07, 6.45) is 0. The Morgan fingerprint density at radius 1 is 1.15 bits per heavy atom. The van der Waals surface area contributed by atoms with Gasteiger partial charge in [-0.15, -0.1) is 11.8 Å². The zero-order valence-corrected chi connectivity index (χ0v) is 16.5. The number of carbonyl (C=O) groups is 3. The van der Waals surface area contributed by atoms with Crippen molar-refractivity contribution in [2.75, 3.05) is 11.1 Å². The summed E-state index contributed by atoms with van der Waals surface area (Å²) in [4.78, 5) is 34.5. The van der Waals surface area contributed by atoms with E-state index in [1.165, 1.54) is 36.9 Å². The summed E-state index contributed by atoms with van der Waals surface area (Å²) in [6, 6.07) is 9.12. The second kappa shape index (κ2) is 9.64. The van der Waals surface area contributed by atoms with Crippen LogP contribution in [0.3, 0.4) is 0 Å². The lowest BCUT2D eigenvalue weighted by Gasteiger charge is -2.11. The molecule has 0 aliphatic rings. The van der Waals surface area contributed by atoms with Crippen LogP contribution in [0.2, 0.25) is 10.0 Å². The molecule has 0 radical (unpaired) electrons. The molecule has 0 bridgehead atoms. The highest BCUT2D eigenvalue weighted by Crippen LogP contribution is 2.28. The van der Waals surface area contributed by atoms with E-state index in [9.17, 15) is 19.5 Å². The summed E-state index contributed by atoms with van der Waals surface area (Å²) in [6.45, 7) is 1.21. The van der Waals surface area contributed by atoms with Gasteiger partial charge in [-0.1, -0.05) is 29.3 Å². The Kier molecular flexibility index (Phi) is 7.53. The Morgan fingerprint density at radius 3 is 2.41 bits per heavy atom. The third-order valence-electron chi connectivity index (χ3n) is 3.30. The lowest BCUT2D eigenvalue weighted by atomic mass is 10.1. The van der Waals surface area contributed by atoms with Gasteiger partial charge in [0, 0.05) is 22.7 Å². The number of carboxylic acid groups (broad SMARTS) is 1. The highest BCUT2D eigenvalue weighted by molar-refractivity contribution is 7.99. The van der Waals surface area contributed by atoms with E-state index in [4.69, 9.17) is 27.9 Å². The molecule has 0 saturated heterocycles. The first kappa shape index (κ1) is 21.1. The average Bonchev–Trinajstić information content (AvgIpc) is 2.58. The number of anilines is 1. The maximum absolute atomic E-state index is 12.1. The molecule has 0 fully saturated rings. The highest BCUT2D eigenvalue weighted by atomic mass is 35.5. The van der Waals surface area contributed by atoms with Crippen LogP contribution in [0, 0.1) is 0 Å². The van der Waals surface area contributed by atoms with Crippen molar-refractivity contribution in [2.24, 2.45) is 0 Å². The Bertz CT molecular complexity index is 868. The predicted molar refractivity (Wildman–Crippen MR) is 106 cm³/mol.